The van der Waals surface area contributed by atoms with Gasteiger partial charge in [-0.1, -0.05) is 6.07 Å². The Kier molecular flexibility index (Phi) is 3.20. The van der Waals surface area contributed by atoms with E-state index in [0.29, 0.717) is 5.88 Å². The van der Waals surface area contributed by atoms with E-state index < -0.39 is 0 Å². The second kappa shape index (κ2) is 4.42. The van der Waals surface area contributed by atoms with Gasteiger partial charge in [0.05, 0.1) is 15.4 Å². The third-order valence-electron chi connectivity index (χ3n) is 1.54. The van der Waals surface area contributed by atoms with Crippen LogP contribution in [0.3, 0.4) is 0 Å². The van der Waals surface area contributed by atoms with Gasteiger partial charge in [0.1, 0.15) is 5.75 Å². The smallest absolute Gasteiger partial charge is 0.230 e. The molecule has 0 aliphatic carbocycles. The Morgan fingerprint density at radius 1 is 1.29 bits per heavy atom. The quantitative estimate of drug-likeness (QED) is 0.808. The second-order valence-corrected chi connectivity index (χ2v) is 4.85. The Hall–Kier alpha value is -0.390. The molecule has 0 atom stereocenters. The van der Waals surface area contributed by atoms with E-state index in [4.69, 9.17) is 4.74 Å². The number of benzene rings is 1. The lowest BCUT2D eigenvalue weighted by atomic mass is 10.3. The predicted octanol–water partition coefficient (Wildman–Crippen LogP) is 4.46. The average molecular weight is 335 g/mol. The van der Waals surface area contributed by atoms with Crippen molar-refractivity contribution in [3.63, 3.8) is 0 Å². The molecule has 2 aromatic rings. The molecule has 5 heteroatoms. The molecule has 1 aromatic carbocycles. The first-order valence-corrected chi connectivity index (χ1v) is 6.30. The fourth-order valence-corrected chi connectivity index (χ4v) is 2.07. The van der Waals surface area contributed by atoms with Gasteiger partial charge in [-0.2, -0.15) is 0 Å². The van der Waals surface area contributed by atoms with Gasteiger partial charge in [0.15, 0.2) is 0 Å². The maximum absolute atomic E-state index is 5.55. The highest BCUT2D eigenvalue weighted by molar-refractivity contribution is 9.13. The summed E-state index contributed by atoms with van der Waals surface area (Å²) in [5.41, 5.74) is 1.74. The summed E-state index contributed by atoms with van der Waals surface area (Å²) in [6, 6.07) is 5.74. The third kappa shape index (κ3) is 2.16. The highest BCUT2D eigenvalue weighted by Gasteiger charge is 2.06. The van der Waals surface area contributed by atoms with E-state index >= 15 is 0 Å². The summed E-state index contributed by atoms with van der Waals surface area (Å²) >= 11 is 8.34. The van der Waals surface area contributed by atoms with E-state index in [1.165, 1.54) is 11.3 Å². The van der Waals surface area contributed by atoms with Crippen LogP contribution in [0.15, 0.2) is 38.0 Å². The molecule has 14 heavy (non-hydrogen) atoms. The van der Waals surface area contributed by atoms with Crippen LogP contribution in [0, 0.1) is 0 Å². The molecular weight excluding hydrogens is 330 g/mol. The van der Waals surface area contributed by atoms with Gasteiger partial charge in [0, 0.05) is 4.47 Å². The first-order chi connectivity index (χ1) is 6.77. The molecule has 2 nitrogen and oxygen atoms in total. The molecule has 0 saturated carbocycles. The van der Waals surface area contributed by atoms with E-state index in [2.05, 4.69) is 36.8 Å². The molecule has 0 fully saturated rings. The SMILES string of the molecule is Brc1cccc(Oc2cscn2)c1Br. The summed E-state index contributed by atoms with van der Waals surface area (Å²) in [6.07, 6.45) is 0. The minimum Gasteiger partial charge on any atom is -0.437 e. The number of thiazole rings is 1. The second-order valence-electron chi connectivity index (χ2n) is 2.48. The van der Waals surface area contributed by atoms with Crippen LogP contribution >= 0.6 is 43.2 Å². The summed E-state index contributed by atoms with van der Waals surface area (Å²) in [7, 11) is 0. The van der Waals surface area contributed by atoms with Crippen LogP contribution < -0.4 is 4.74 Å². The minimum atomic E-state index is 0.619. The highest BCUT2D eigenvalue weighted by atomic mass is 79.9. The van der Waals surface area contributed by atoms with Crippen LogP contribution in [-0.4, -0.2) is 4.98 Å². The van der Waals surface area contributed by atoms with Gasteiger partial charge >= 0.3 is 0 Å². The van der Waals surface area contributed by atoms with Crippen molar-refractivity contribution in [2.24, 2.45) is 0 Å². The Bertz CT molecular complexity index is 430. The lowest BCUT2D eigenvalue weighted by Crippen LogP contribution is -1.85. The van der Waals surface area contributed by atoms with E-state index in [9.17, 15) is 0 Å². The molecule has 1 aromatic heterocycles. The number of hydrogen-bond donors (Lipinski definition) is 0. The van der Waals surface area contributed by atoms with Gasteiger partial charge in [-0.05, 0) is 44.0 Å². The van der Waals surface area contributed by atoms with Crippen LogP contribution in [0.4, 0.5) is 0 Å². The zero-order valence-corrected chi connectivity index (χ0v) is 10.9. The Morgan fingerprint density at radius 2 is 2.14 bits per heavy atom. The molecule has 0 saturated heterocycles. The van der Waals surface area contributed by atoms with Gasteiger partial charge in [-0.25, -0.2) is 4.98 Å². The van der Waals surface area contributed by atoms with Gasteiger partial charge < -0.3 is 4.74 Å². The van der Waals surface area contributed by atoms with Crippen LogP contribution in [0.25, 0.3) is 0 Å². The first kappa shape index (κ1) is 10.1. The Balaban J connectivity index is 2.29. The van der Waals surface area contributed by atoms with Crippen molar-refractivity contribution < 1.29 is 4.74 Å². The van der Waals surface area contributed by atoms with Gasteiger partial charge in [-0.3, -0.25) is 0 Å². The molecule has 0 amide bonds. The lowest BCUT2D eigenvalue weighted by Gasteiger charge is -2.05. The zero-order chi connectivity index (χ0) is 9.97. The molecular formula is C9H5Br2NOS. The zero-order valence-electron chi connectivity index (χ0n) is 6.91. The summed E-state index contributed by atoms with van der Waals surface area (Å²) in [6.45, 7) is 0. The van der Waals surface area contributed by atoms with E-state index in [0.717, 1.165) is 14.7 Å². The van der Waals surface area contributed by atoms with Crippen molar-refractivity contribution >= 4 is 43.2 Å². The van der Waals surface area contributed by atoms with Crippen molar-refractivity contribution in [2.75, 3.05) is 0 Å². The van der Waals surface area contributed by atoms with Gasteiger partial charge in [-0.15, -0.1) is 11.3 Å². The summed E-state index contributed by atoms with van der Waals surface area (Å²) in [4.78, 5) is 4.04. The standard InChI is InChI=1S/C9H5Br2NOS/c10-6-2-1-3-7(9(6)11)13-8-4-14-5-12-8/h1-5H. The fraction of sp³-hybridized carbons (Fsp3) is 0. The third-order valence-corrected chi connectivity index (χ3v) is 4.12. The van der Waals surface area contributed by atoms with Gasteiger partial charge in [0.2, 0.25) is 5.88 Å². The van der Waals surface area contributed by atoms with Crippen molar-refractivity contribution in [3.8, 4) is 11.6 Å². The first-order valence-electron chi connectivity index (χ1n) is 3.77. The number of rotatable bonds is 2. The Morgan fingerprint density at radius 3 is 2.86 bits per heavy atom. The summed E-state index contributed by atoms with van der Waals surface area (Å²) in [5.74, 6) is 1.37. The molecule has 0 spiro atoms. The molecule has 0 aliphatic rings. The summed E-state index contributed by atoms with van der Waals surface area (Å²) in [5, 5.41) is 1.85. The monoisotopic (exact) mass is 333 g/mol. The lowest BCUT2D eigenvalue weighted by molar-refractivity contribution is 0.463. The molecule has 1 heterocycles. The number of ether oxygens (including phenoxy) is 1. The van der Waals surface area contributed by atoms with Crippen LogP contribution in [-0.2, 0) is 0 Å². The van der Waals surface area contributed by atoms with E-state index in [1.807, 2.05) is 23.6 Å². The van der Waals surface area contributed by atoms with Crippen molar-refractivity contribution in [3.05, 3.63) is 38.0 Å². The predicted molar refractivity (Wildman–Crippen MR) is 64.0 cm³/mol. The molecule has 72 valence electrons. The largest absolute Gasteiger partial charge is 0.437 e. The minimum absolute atomic E-state index is 0.619. The molecule has 0 radical (unpaired) electrons. The topological polar surface area (TPSA) is 22.1 Å². The van der Waals surface area contributed by atoms with Crippen LogP contribution in [0.2, 0.25) is 0 Å². The van der Waals surface area contributed by atoms with Crippen LogP contribution in [0.1, 0.15) is 0 Å². The Labute approximate surface area is 102 Å². The van der Waals surface area contributed by atoms with Crippen molar-refractivity contribution in [1.29, 1.82) is 0 Å². The number of hydrogen-bond acceptors (Lipinski definition) is 3. The molecule has 0 N–H and O–H groups in total. The fourth-order valence-electron chi connectivity index (χ4n) is 0.927. The number of aromatic nitrogens is 1. The van der Waals surface area contributed by atoms with E-state index in [1.54, 1.807) is 5.51 Å². The normalized spacial score (nSPS) is 10.1. The van der Waals surface area contributed by atoms with Crippen molar-refractivity contribution in [1.82, 2.24) is 4.98 Å². The summed E-state index contributed by atoms with van der Waals surface area (Å²) < 4.78 is 7.41. The molecule has 0 aliphatic heterocycles. The van der Waals surface area contributed by atoms with Crippen LogP contribution in [0.5, 0.6) is 11.6 Å². The average Bonchev–Trinajstić information content (AvgIpc) is 2.66. The molecule has 0 unspecified atom stereocenters. The molecule has 2 rings (SSSR count). The maximum atomic E-state index is 5.55. The van der Waals surface area contributed by atoms with Crippen molar-refractivity contribution in [2.45, 2.75) is 0 Å². The maximum Gasteiger partial charge on any atom is 0.230 e. The van der Waals surface area contributed by atoms with Gasteiger partial charge in [0.25, 0.3) is 0 Å². The molecule has 0 bridgehead atoms. The number of nitrogens with zero attached hydrogens (tertiary/aromatic N) is 1. The highest BCUT2D eigenvalue weighted by Crippen LogP contribution is 2.34. The van der Waals surface area contributed by atoms with E-state index in [-0.39, 0.29) is 0 Å². The number of halogens is 2.